The molecule has 0 spiro atoms. The van der Waals surface area contributed by atoms with Crippen LogP contribution in [-0.4, -0.2) is 60.8 Å². The minimum absolute atomic E-state index is 0.205. The minimum atomic E-state index is -0.511. The average Bonchev–Trinajstić information content (AvgIpc) is 2.90. The van der Waals surface area contributed by atoms with Gasteiger partial charge in [0.1, 0.15) is 23.7 Å². The maximum absolute atomic E-state index is 12.3. The van der Waals surface area contributed by atoms with Crippen molar-refractivity contribution in [1.29, 1.82) is 0 Å². The molecule has 0 aromatic heterocycles. The van der Waals surface area contributed by atoms with Crippen LogP contribution >= 0.6 is 0 Å². The Balaban J connectivity index is 1.58. The van der Waals surface area contributed by atoms with Crippen molar-refractivity contribution in [1.82, 2.24) is 9.80 Å². The first-order chi connectivity index (χ1) is 14.0. The van der Waals surface area contributed by atoms with E-state index in [0.29, 0.717) is 26.2 Å². The maximum Gasteiger partial charge on any atom is 0.315 e. The number of carbonyl (C=O) groups is 2. The average molecular weight is 393 g/mol. The van der Waals surface area contributed by atoms with Crippen molar-refractivity contribution >= 4 is 23.4 Å². The van der Waals surface area contributed by atoms with E-state index in [1.54, 1.807) is 4.90 Å². The van der Waals surface area contributed by atoms with E-state index in [9.17, 15) is 9.59 Å². The van der Waals surface area contributed by atoms with E-state index in [4.69, 9.17) is 9.73 Å². The molecule has 2 aromatic rings. The summed E-state index contributed by atoms with van der Waals surface area (Å²) in [5, 5.41) is 0. The summed E-state index contributed by atoms with van der Waals surface area (Å²) in [7, 11) is 1.29. The van der Waals surface area contributed by atoms with Crippen LogP contribution in [0.2, 0.25) is 0 Å². The molecule has 0 radical (unpaired) electrons. The predicted octanol–water partition coefficient (Wildman–Crippen LogP) is 2.89. The van der Waals surface area contributed by atoms with E-state index in [0.717, 1.165) is 34.1 Å². The molecule has 2 aliphatic rings. The molecular weight excluding hydrogens is 370 g/mol. The van der Waals surface area contributed by atoms with Gasteiger partial charge in [0, 0.05) is 26.2 Å². The maximum atomic E-state index is 12.3. The van der Waals surface area contributed by atoms with Gasteiger partial charge in [-0.15, -0.1) is 0 Å². The van der Waals surface area contributed by atoms with Crippen molar-refractivity contribution in [3.05, 3.63) is 53.6 Å². The number of methoxy groups -OCH3 is 1. The number of aliphatic imine (C=N–C) groups is 1. The lowest BCUT2D eigenvalue weighted by atomic mass is 10.1. The Labute approximate surface area is 169 Å². The van der Waals surface area contributed by atoms with Gasteiger partial charge in [0.25, 0.3) is 0 Å². The number of amides is 1. The summed E-state index contributed by atoms with van der Waals surface area (Å²) < 4.78 is 10.8. The smallest absolute Gasteiger partial charge is 0.315 e. The Morgan fingerprint density at radius 2 is 1.83 bits per heavy atom. The molecule has 0 N–H and O–H groups in total. The second-order valence-electron chi connectivity index (χ2n) is 7.13. The number of esters is 1. The summed E-state index contributed by atoms with van der Waals surface area (Å²) in [6, 6.07) is 13.8. The van der Waals surface area contributed by atoms with Crippen LogP contribution in [0.5, 0.6) is 11.5 Å². The minimum Gasteiger partial charge on any atom is -0.469 e. The molecule has 2 aliphatic heterocycles. The van der Waals surface area contributed by atoms with Gasteiger partial charge in [-0.3, -0.25) is 9.59 Å². The van der Waals surface area contributed by atoms with Gasteiger partial charge in [-0.1, -0.05) is 18.2 Å². The van der Waals surface area contributed by atoms with Crippen molar-refractivity contribution < 1.29 is 19.1 Å². The van der Waals surface area contributed by atoms with Gasteiger partial charge >= 0.3 is 5.97 Å². The fourth-order valence-corrected chi connectivity index (χ4v) is 3.54. The lowest BCUT2D eigenvalue weighted by Crippen LogP contribution is -2.51. The Hall–Kier alpha value is -3.35. The van der Waals surface area contributed by atoms with Crippen LogP contribution < -0.4 is 4.74 Å². The zero-order chi connectivity index (χ0) is 20.4. The first-order valence-corrected chi connectivity index (χ1v) is 9.61. The summed E-state index contributed by atoms with van der Waals surface area (Å²) in [6.07, 6.45) is -0.221. The van der Waals surface area contributed by atoms with Gasteiger partial charge < -0.3 is 19.3 Å². The summed E-state index contributed by atoms with van der Waals surface area (Å²) in [5.41, 5.74) is 2.82. The number of aryl methyl sites for hydroxylation is 1. The number of amidine groups is 1. The summed E-state index contributed by atoms with van der Waals surface area (Å²) in [4.78, 5) is 32.4. The van der Waals surface area contributed by atoms with Crippen LogP contribution in [0.25, 0.3) is 0 Å². The molecule has 0 unspecified atom stereocenters. The SMILES string of the molecule is COC(=O)CC(=O)N1CCN(C2=Nc3ccc(C)cc3Oc3ccccc32)CC1. The number of piperazine rings is 1. The predicted molar refractivity (Wildman–Crippen MR) is 109 cm³/mol. The summed E-state index contributed by atoms with van der Waals surface area (Å²) in [6.45, 7) is 4.33. The number of hydrogen-bond acceptors (Lipinski definition) is 6. The highest BCUT2D eigenvalue weighted by atomic mass is 16.5. The van der Waals surface area contributed by atoms with Crippen LogP contribution in [0.3, 0.4) is 0 Å². The quantitative estimate of drug-likeness (QED) is 0.580. The van der Waals surface area contributed by atoms with Crippen LogP contribution in [0.4, 0.5) is 5.69 Å². The molecule has 0 bridgehead atoms. The Kier molecular flexibility index (Phi) is 5.20. The molecule has 4 rings (SSSR count). The molecule has 150 valence electrons. The van der Waals surface area contributed by atoms with E-state index < -0.39 is 5.97 Å². The van der Waals surface area contributed by atoms with Crippen molar-refractivity contribution in [2.24, 2.45) is 4.99 Å². The lowest BCUT2D eigenvalue weighted by molar-refractivity contribution is -0.147. The Bertz CT molecular complexity index is 978. The highest BCUT2D eigenvalue weighted by molar-refractivity contribution is 6.04. The number of hydrogen-bond donors (Lipinski definition) is 0. The van der Waals surface area contributed by atoms with E-state index >= 15 is 0 Å². The third-order valence-electron chi connectivity index (χ3n) is 5.14. The second kappa shape index (κ2) is 7.95. The van der Waals surface area contributed by atoms with Gasteiger partial charge in [0.05, 0.1) is 12.7 Å². The number of fused-ring (bicyclic) bond motifs is 2. The molecule has 7 nitrogen and oxygen atoms in total. The van der Waals surface area contributed by atoms with Crippen molar-refractivity contribution in [3.8, 4) is 11.5 Å². The largest absolute Gasteiger partial charge is 0.469 e. The molecule has 2 heterocycles. The first kappa shape index (κ1) is 19.0. The Morgan fingerprint density at radius 3 is 2.59 bits per heavy atom. The van der Waals surface area contributed by atoms with Crippen molar-refractivity contribution in [3.63, 3.8) is 0 Å². The molecule has 29 heavy (non-hydrogen) atoms. The molecule has 0 saturated carbocycles. The number of para-hydroxylation sites is 1. The van der Waals surface area contributed by atoms with E-state index in [2.05, 4.69) is 9.64 Å². The number of rotatable bonds is 2. The second-order valence-corrected chi connectivity index (χ2v) is 7.13. The van der Waals surface area contributed by atoms with Crippen molar-refractivity contribution in [2.45, 2.75) is 13.3 Å². The summed E-state index contributed by atoms with van der Waals surface area (Å²) in [5.74, 6) is 1.62. The third kappa shape index (κ3) is 3.94. The van der Waals surface area contributed by atoms with E-state index in [1.807, 2.05) is 49.4 Å². The van der Waals surface area contributed by atoms with Crippen molar-refractivity contribution in [2.75, 3.05) is 33.3 Å². The molecule has 1 saturated heterocycles. The van der Waals surface area contributed by atoms with Crippen LogP contribution in [0.1, 0.15) is 17.5 Å². The molecular formula is C22H23N3O4. The molecule has 1 fully saturated rings. The molecule has 0 aliphatic carbocycles. The molecule has 1 amide bonds. The fraction of sp³-hybridized carbons (Fsp3) is 0.318. The van der Waals surface area contributed by atoms with E-state index in [1.165, 1.54) is 7.11 Å². The molecule has 0 atom stereocenters. The van der Waals surface area contributed by atoms with Gasteiger partial charge in [0.15, 0.2) is 5.75 Å². The topological polar surface area (TPSA) is 71.4 Å². The number of benzene rings is 2. The Morgan fingerprint density at radius 1 is 1.07 bits per heavy atom. The van der Waals surface area contributed by atoms with Gasteiger partial charge in [-0.05, 0) is 36.8 Å². The zero-order valence-electron chi connectivity index (χ0n) is 16.6. The van der Waals surface area contributed by atoms with Gasteiger partial charge in [-0.2, -0.15) is 0 Å². The van der Waals surface area contributed by atoms with Crippen LogP contribution in [0, 0.1) is 6.92 Å². The van der Waals surface area contributed by atoms with Crippen LogP contribution in [0.15, 0.2) is 47.5 Å². The van der Waals surface area contributed by atoms with Crippen LogP contribution in [-0.2, 0) is 14.3 Å². The summed E-state index contributed by atoms with van der Waals surface area (Å²) >= 11 is 0. The van der Waals surface area contributed by atoms with Gasteiger partial charge in [0.2, 0.25) is 5.91 Å². The third-order valence-corrected chi connectivity index (χ3v) is 5.14. The number of nitrogens with zero attached hydrogens (tertiary/aromatic N) is 3. The standard InChI is InChI=1S/C22H23N3O4/c1-15-7-8-17-19(13-15)29-18-6-4-3-5-16(18)22(23-17)25-11-9-24(10-12-25)20(26)14-21(27)28-2/h3-8,13H,9-12,14H2,1-2H3. The lowest BCUT2D eigenvalue weighted by Gasteiger charge is -2.36. The number of ether oxygens (including phenoxy) is 2. The van der Waals surface area contributed by atoms with Gasteiger partial charge in [-0.25, -0.2) is 4.99 Å². The monoisotopic (exact) mass is 393 g/mol. The number of carbonyl (C=O) groups excluding carboxylic acids is 2. The highest BCUT2D eigenvalue weighted by Gasteiger charge is 2.28. The van der Waals surface area contributed by atoms with E-state index in [-0.39, 0.29) is 12.3 Å². The fourth-order valence-electron chi connectivity index (χ4n) is 3.54. The zero-order valence-corrected chi connectivity index (χ0v) is 16.6. The molecule has 2 aromatic carbocycles. The normalized spacial score (nSPS) is 15.4. The highest BCUT2D eigenvalue weighted by Crippen LogP contribution is 2.38. The first-order valence-electron chi connectivity index (χ1n) is 9.61. The molecule has 7 heteroatoms.